The molecule has 18 heteroatoms. The second kappa shape index (κ2) is 13.2. The Morgan fingerprint density at radius 3 is 2.31 bits per heavy atom. The Bertz CT molecular complexity index is 1540. The minimum Gasteiger partial charge on any atom is -0.464 e. The monoisotopic (exact) mass is 620 g/mol. The number of ether oxygens (including phenoxy) is 1. The second-order valence-corrected chi connectivity index (χ2v) is 10.5. The number of benzene rings is 1. The van der Waals surface area contributed by atoms with E-state index in [0.29, 0.717) is 11.9 Å². The summed E-state index contributed by atoms with van der Waals surface area (Å²) in [6, 6.07) is 5.47. The van der Waals surface area contributed by atoms with Gasteiger partial charge in [-0.25, -0.2) is 0 Å². The highest BCUT2D eigenvalue weighted by atomic mass is 35.5. The number of halogens is 4. The number of para-hydroxylation sites is 1. The van der Waals surface area contributed by atoms with E-state index in [2.05, 4.69) is 45.4 Å². The fourth-order valence-electron chi connectivity index (χ4n) is 2.84. The van der Waals surface area contributed by atoms with Crippen LogP contribution < -0.4 is 20.1 Å². The number of rotatable bonds is 9. The Balaban J connectivity index is 0.000000255. The van der Waals surface area contributed by atoms with Crippen LogP contribution in [-0.2, 0) is 10.0 Å². The van der Waals surface area contributed by atoms with E-state index < -0.39 is 21.1 Å². The number of anilines is 3. The molecule has 0 saturated heterocycles. The highest BCUT2D eigenvalue weighted by Gasteiger charge is 2.24. The predicted molar refractivity (Wildman–Crippen MR) is 147 cm³/mol. The molecule has 0 aliphatic carbocycles. The largest absolute Gasteiger partial charge is 0.464 e. The van der Waals surface area contributed by atoms with E-state index in [1.54, 1.807) is 13.0 Å². The lowest BCUT2D eigenvalue weighted by Crippen LogP contribution is -2.15. The molecule has 4 rings (SSSR count). The third-order valence-electron chi connectivity index (χ3n) is 4.32. The van der Waals surface area contributed by atoms with Crippen LogP contribution >= 0.6 is 34.8 Å². The van der Waals surface area contributed by atoms with Gasteiger partial charge in [0.15, 0.2) is 5.65 Å². The molecule has 0 atom stereocenters. The van der Waals surface area contributed by atoms with Gasteiger partial charge < -0.3 is 15.4 Å². The van der Waals surface area contributed by atoms with E-state index in [1.807, 2.05) is 20.8 Å². The van der Waals surface area contributed by atoms with Crippen LogP contribution in [0.4, 0.5) is 22.0 Å². The lowest BCUT2D eigenvalue weighted by atomic mass is 10.3. The topological polar surface area (TPSA) is 161 Å². The van der Waals surface area contributed by atoms with Crippen molar-refractivity contribution in [3.8, 4) is 6.01 Å². The molecule has 13 nitrogen and oxygen atoms in total. The number of hydrogen-bond donors (Lipinski definition) is 3. The lowest BCUT2D eigenvalue weighted by Gasteiger charge is -2.09. The van der Waals surface area contributed by atoms with Crippen LogP contribution in [0.2, 0.25) is 15.3 Å². The van der Waals surface area contributed by atoms with Gasteiger partial charge in [-0.15, -0.1) is 5.10 Å². The molecule has 210 valence electrons. The summed E-state index contributed by atoms with van der Waals surface area (Å²) in [4.78, 5) is 19.3. The molecule has 0 aliphatic rings. The average molecular weight is 622 g/mol. The van der Waals surface area contributed by atoms with Crippen molar-refractivity contribution in [3.05, 3.63) is 45.5 Å². The minimum absolute atomic E-state index is 0.0148. The molecule has 0 spiro atoms. The molecule has 3 aromatic heterocycles. The molecule has 0 bridgehead atoms. The van der Waals surface area contributed by atoms with E-state index in [-0.39, 0.29) is 45.3 Å². The summed E-state index contributed by atoms with van der Waals surface area (Å²) in [6.07, 6.45) is 0. The van der Waals surface area contributed by atoms with Crippen LogP contribution in [0.5, 0.6) is 6.01 Å². The van der Waals surface area contributed by atoms with E-state index in [1.165, 1.54) is 12.1 Å². The molecule has 0 fully saturated rings. The minimum atomic E-state index is -4.23. The number of sulfonamides is 1. The van der Waals surface area contributed by atoms with Crippen LogP contribution in [-0.4, -0.2) is 62.1 Å². The zero-order chi connectivity index (χ0) is 28.7. The van der Waals surface area contributed by atoms with Crippen molar-refractivity contribution < 1.29 is 17.5 Å². The maximum absolute atomic E-state index is 13.5. The van der Waals surface area contributed by atoms with Crippen LogP contribution in [0.3, 0.4) is 0 Å². The molecule has 0 aliphatic heterocycles. The molecule has 4 aromatic rings. The number of fused-ring (bicyclic) bond motifs is 1. The Hall–Kier alpha value is -3.27. The Morgan fingerprint density at radius 1 is 1.03 bits per heavy atom. The number of nitrogens with one attached hydrogen (secondary N) is 3. The molecule has 3 N–H and O–H groups in total. The molecule has 0 unspecified atom stereocenters. The van der Waals surface area contributed by atoms with Gasteiger partial charge in [0, 0.05) is 18.7 Å². The van der Waals surface area contributed by atoms with Crippen LogP contribution in [0.15, 0.2) is 29.4 Å². The van der Waals surface area contributed by atoms with E-state index in [4.69, 9.17) is 39.5 Å². The van der Waals surface area contributed by atoms with Crippen molar-refractivity contribution in [2.45, 2.75) is 38.9 Å². The third-order valence-corrected chi connectivity index (χ3v) is 6.24. The molecular weight excluding hydrogens is 598 g/mol. The SMILES string of the molecule is CCNc1nc(Cl)nc(NC(C)C)n1.CCOc1nc(F)cc2nc(S(=O)(=O)Nc3c(Cl)cccc3Cl)nn12. The first kappa shape index (κ1) is 30.3. The van der Waals surface area contributed by atoms with E-state index in [9.17, 15) is 12.8 Å². The zero-order valence-electron chi connectivity index (χ0n) is 21.1. The van der Waals surface area contributed by atoms with Gasteiger partial charge in [0.25, 0.3) is 15.2 Å². The van der Waals surface area contributed by atoms with E-state index >= 15 is 0 Å². The fourth-order valence-corrected chi connectivity index (χ4v) is 4.58. The maximum atomic E-state index is 13.5. The molecule has 0 saturated carbocycles. The van der Waals surface area contributed by atoms with Crippen molar-refractivity contribution in [2.24, 2.45) is 0 Å². The molecule has 1 aromatic carbocycles. The van der Waals surface area contributed by atoms with Crippen molar-refractivity contribution in [3.63, 3.8) is 0 Å². The summed E-state index contributed by atoms with van der Waals surface area (Å²) < 4.78 is 46.9. The molecule has 0 amide bonds. The molecular formula is C21H24Cl3FN10O3S. The Morgan fingerprint density at radius 2 is 1.69 bits per heavy atom. The van der Waals surface area contributed by atoms with Gasteiger partial charge in [0.05, 0.1) is 22.3 Å². The lowest BCUT2D eigenvalue weighted by molar-refractivity contribution is 0.296. The molecule has 3 heterocycles. The van der Waals surface area contributed by atoms with Gasteiger partial charge in [-0.1, -0.05) is 29.3 Å². The zero-order valence-corrected chi connectivity index (χ0v) is 24.2. The summed E-state index contributed by atoms with van der Waals surface area (Å²) in [5.74, 6) is 0.112. The van der Waals surface area contributed by atoms with Gasteiger partial charge in [0.1, 0.15) is 0 Å². The van der Waals surface area contributed by atoms with Gasteiger partial charge in [0.2, 0.25) is 23.1 Å². The summed E-state index contributed by atoms with van der Waals surface area (Å²) in [7, 11) is -4.23. The Labute approximate surface area is 238 Å². The van der Waals surface area contributed by atoms with Crippen molar-refractivity contribution >= 4 is 68.1 Å². The Kier molecular flexibility index (Phi) is 10.2. The van der Waals surface area contributed by atoms with Crippen molar-refractivity contribution in [2.75, 3.05) is 28.5 Å². The first-order chi connectivity index (χ1) is 18.4. The first-order valence-electron chi connectivity index (χ1n) is 11.4. The van der Waals surface area contributed by atoms with Gasteiger partial charge in [-0.05, 0) is 51.4 Å². The van der Waals surface area contributed by atoms with Gasteiger partial charge >= 0.3 is 6.01 Å². The number of nitrogens with zero attached hydrogens (tertiary/aromatic N) is 7. The first-order valence-corrected chi connectivity index (χ1v) is 14.0. The average Bonchev–Trinajstić information content (AvgIpc) is 3.27. The van der Waals surface area contributed by atoms with Crippen LogP contribution in [0.1, 0.15) is 27.7 Å². The summed E-state index contributed by atoms with van der Waals surface area (Å²) in [5.41, 5.74) is -0.0967. The standard InChI is InChI=1S/C13H10Cl2FN5O3S.C8H14ClN5/c1-2-24-13-17-9(16)6-10-18-12(19-21(10)13)25(22,23)20-11-7(14)4-3-5-8(11)15;1-4-10-7-12-6(9)13-8(14-7)11-5(2)3/h3-6,20H,2H2,1H3;5H,4H2,1-3H3,(H2,10,11,12,13,14). The second-order valence-electron chi connectivity index (χ2n) is 7.74. The van der Waals surface area contributed by atoms with Crippen molar-refractivity contribution in [1.82, 2.24) is 34.5 Å². The quantitative estimate of drug-likeness (QED) is 0.225. The highest BCUT2D eigenvalue weighted by molar-refractivity contribution is 7.92. The summed E-state index contributed by atoms with van der Waals surface area (Å²) in [6.45, 7) is 8.57. The van der Waals surface area contributed by atoms with Gasteiger partial charge in [-0.2, -0.15) is 42.2 Å². The summed E-state index contributed by atoms with van der Waals surface area (Å²) in [5, 5.41) is 9.63. The molecule has 39 heavy (non-hydrogen) atoms. The number of aromatic nitrogens is 7. The fraction of sp³-hybridized carbons (Fsp3) is 0.333. The predicted octanol–water partition coefficient (Wildman–Crippen LogP) is 4.55. The maximum Gasteiger partial charge on any atom is 0.322 e. The highest BCUT2D eigenvalue weighted by Crippen LogP contribution is 2.31. The normalized spacial score (nSPS) is 11.2. The van der Waals surface area contributed by atoms with E-state index in [0.717, 1.165) is 17.1 Å². The molecule has 0 radical (unpaired) electrons. The van der Waals surface area contributed by atoms with Gasteiger partial charge in [-0.3, -0.25) is 4.72 Å². The summed E-state index contributed by atoms with van der Waals surface area (Å²) >= 11 is 17.6. The number of hydrogen-bond acceptors (Lipinski definition) is 11. The smallest absolute Gasteiger partial charge is 0.322 e. The van der Waals surface area contributed by atoms with Crippen LogP contribution in [0, 0.1) is 5.95 Å². The third kappa shape index (κ3) is 8.11. The van der Waals surface area contributed by atoms with Crippen LogP contribution in [0.25, 0.3) is 5.65 Å². The van der Waals surface area contributed by atoms with Crippen molar-refractivity contribution in [1.29, 1.82) is 0 Å².